The monoisotopic (exact) mass is 280 g/mol. The van der Waals surface area contributed by atoms with Gasteiger partial charge in [0.2, 0.25) is 0 Å². The van der Waals surface area contributed by atoms with Crippen molar-refractivity contribution in [1.82, 2.24) is 0 Å². The molecule has 1 heterocycles. The van der Waals surface area contributed by atoms with E-state index in [4.69, 9.17) is 23.9 Å². The summed E-state index contributed by atoms with van der Waals surface area (Å²) in [5, 5.41) is 18.2. The Bertz CT molecular complexity index is 539. The molecule has 0 aliphatic heterocycles. The maximum absolute atomic E-state index is 8.71. The average Bonchev–Trinajstić information content (AvgIpc) is 2.79. The molecule has 0 amide bonds. The van der Waals surface area contributed by atoms with E-state index in [1.807, 2.05) is 0 Å². The Kier molecular flexibility index (Phi) is 5.28. The topological polar surface area (TPSA) is 81.3 Å². The van der Waals surface area contributed by atoms with Gasteiger partial charge in [0.1, 0.15) is 17.9 Å². The van der Waals surface area contributed by atoms with E-state index in [1.165, 1.54) is 0 Å². The summed E-state index contributed by atoms with van der Waals surface area (Å²) < 4.78 is 20.8. The van der Waals surface area contributed by atoms with Crippen LogP contribution in [0.2, 0.25) is 0 Å². The highest BCUT2D eigenvalue weighted by molar-refractivity contribution is 6.33. The van der Waals surface area contributed by atoms with Gasteiger partial charge >= 0.3 is 7.32 Å². The van der Waals surface area contributed by atoms with Crippen LogP contribution in [0.5, 0.6) is 11.7 Å². The first-order valence-corrected chi connectivity index (χ1v) is 6.46. The minimum absolute atomic E-state index is 0.0402. The van der Waals surface area contributed by atoms with Crippen molar-refractivity contribution in [2.75, 3.05) is 19.8 Å². The normalized spacial score (nSPS) is 10.8. The van der Waals surface area contributed by atoms with E-state index < -0.39 is 7.32 Å². The summed E-state index contributed by atoms with van der Waals surface area (Å²) in [7, 11) is -1.90. The van der Waals surface area contributed by atoms with Gasteiger partial charge in [0, 0.05) is 24.1 Å². The molecule has 2 rings (SSSR count). The molecule has 0 atom stereocenters. The molecule has 0 saturated heterocycles. The van der Waals surface area contributed by atoms with Crippen molar-refractivity contribution < 1.29 is 28.6 Å². The molecule has 0 bridgehead atoms. The molecule has 0 aliphatic carbocycles. The van der Waals surface area contributed by atoms with Gasteiger partial charge in [-0.25, -0.2) is 0 Å². The lowest BCUT2D eigenvalue weighted by Gasteiger charge is -2.06. The van der Waals surface area contributed by atoms with Gasteiger partial charge in [-0.1, -0.05) is 6.92 Å². The molecule has 0 radical (unpaired) electrons. The first-order valence-electron chi connectivity index (χ1n) is 6.46. The number of benzene rings is 1. The third kappa shape index (κ3) is 4.16. The second-order valence-corrected chi connectivity index (χ2v) is 4.17. The zero-order valence-corrected chi connectivity index (χ0v) is 11.2. The van der Waals surface area contributed by atoms with Crippen LogP contribution >= 0.6 is 0 Å². The molecule has 0 unspecified atom stereocenters. The summed E-state index contributed by atoms with van der Waals surface area (Å²) in [4.78, 5) is 0. The number of furan rings is 1. The van der Waals surface area contributed by atoms with Gasteiger partial charge in [0.15, 0.2) is 0 Å². The van der Waals surface area contributed by atoms with Gasteiger partial charge in [-0.2, -0.15) is 0 Å². The van der Waals surface area contributed by atoms with E-state index in [1.54, 1.807) is 24.3 Å². The van der Waals surface area contributed by atoms with E-state index in [0.29, 0.717) is 24.5 Å². The Morgan fingerprint density at radius 1 is 1.15 bits per heavy atom. The Morgan fingerprint density at radius 3 is 2.75 bits per heavy atom. The van der Waals surface area contributed by atoms with Crippen molar-refractivity contribution in [3.05, 3.63) is 24.3 Å². The molecule has 0 fully saturated rings. The Morgan fingerprint density at radius 2 is 2.00 bits per heavy atom. The molecule has 1 aromatic heterocycles. The van der Waals surface area contributed by atoms with Crippen molar-refractivity contribution in [2.45, 2.75) is 13.3 Å². The van der Waals surface area contributed by atoms with Crippen LogP contribution in [0, 0.1) is 0 Å². The summed E-state index contributed by atoms with van der Waals surface area (Å²) in [6, 6.07) is 6.89. The second kappa shape index (κ2) is 7.18. The minimum atomic E-state index is -1.90. The molecule has 20 heavy (non-hydrogen) atoms. The standard InChI is InChI=1S/C13H17BO6/c1-2-5-17-6-7-18-11-4-3-10-8-13(20-14(15)16)19-12(10)9-11/h3-4,8-9,15-16H,2,5-7H2,1H3. The number of rotatable bonds is 8. The van der Waals surface area contributed by atoms with Gasteiger partial charge < -0.3 is 28.6 Å². The Balaban J connectivity index is 1.94. The van der Waals surface area contributed by atoms with E-state index in [-0.39, 0.29) is 5.95 Å². The number of hydrogen-bond acceptors (Lipinski definition) is 6. The molecule has 0 aliphatic rings. The molecular weight excluding hydrogens is 263 g/mol. The fourth-order valence-corrected chi connectivity index (χ4v) is 1.70. The van der Waals surface area contributed by atoms with E-state index >= 15 is 0 Å². The largest absolute Gasteiger partial charge is 0.709 e. The van der Waals surface area contributed by atoms with Gasteiger partial charge in [-0.3, -0.25) is 0 Å². The lowest BCUT2D eigenvalue weighted by Crippen LogP contribution is -2.20. The summed E-state index contributed by atoms with van der Waals surface area (Å²) in [5.41, 5.74) is 0.549. The summed E-state index contributed by atoms with van der Waals surface area (Å²) in [5.74, 6) is 0.696. The zero-order valence-electron chi connectivity index (χ0n) is 11.2. The number of ether oxygens (including phenoxy) is 2. The molecule has 6 nitrogen and oxygen atoms in total. The Hall–Kier alpha value is -1.70. The first kappa shape index (κ1) is 14.7. The van der Waals surface area contributed by atoms with Crippen LogP contribution in [0.1, 0.15) is 13.3 Å². The van der Waals surface area contributed by atoms with Crippen LogP contribution in [0.25, 0.3) is 11.0 Å². The van der Waals surface area contributed by atoms with Gasteiger partial charge in [-0.15, -0.1) is 0 Å². The van der Waals surface area contributed by atoms with Gasteiger partial charge in [0.25, 0.3) is 5.95 Å². The van der Waals surface area contributed by atoms with Crippen molar-refractivity contribution in [2.24, 2.45) is 0 Å². The molecule has 0 saturated carbocycles. The molecule has 1 aromatic carbocycles. The number of hydrogen-bond donors (Lipinski definition) is 2. The molecule has 108 valence electrons. The lowest BCUT2D eigenvalue weighted by molar-refractivity contribution is 0.101. The first-order chi connectivity index (χ1) is 9.69. The average molecular weight is 280 g/mol. The van der Waals surface area contributed by atoms with Crippen LogP contribution in [-0.2, 0) is 4.74 Å². The van der Waals surface area contributed by atoms with Crippen LogP contribution in [0.15, 0.2) is 28.7 Å². The maximum Gasteiger partial charge on any atom is 0.709 e. The second-order valence-electron chi connectivity index (χ2n) is 4.17. The highest BCUT2D eigenvalue weighted by atomic mass is 16.7. The van der Waals surface area contributed by atoms with Gasteiger partial charge in [0.05, 0.1) is 6.61 Å². The quantitative estimate of drug-likeness (QED) is 0.564. The van der Waals surface area contributed by atoms with Crippen molar-refractivity contribution >= 4 is 18.3 Å². The minimum Gasteiger partial charge on any atom is -0.491 e. The van der Waals surface area contributed by atoms with E-state index in [0.717, 1.165) is 18.4 Å². The van der Waals surface area contributed by atoms with Crippen LogP contribution in [0.4, 0.5) is 0 Å². The van der Waals surface area contributed by atoms with Gasteiger partial charge in [-0.05, 0) is 18.6 Å². The fraction of sp³-hybridized carbons (Fsp3) is 0.385. The molecule has 2 aromatic rings. The predicted molar refractivity (Wildman–Crippen MR) is 73.6 cm³/mol. The van der Waals surface area contributed by atoms with E-state index in [2.05, 4.69) is 11.6 Å². The Labute approximate surface area is 117 Å². The van der Waals surface area contributed by atoms with Crippen LogP contribution < -0.4 is 9.39 Å². The third-order valence-corrected chi connectivity index (χ3v) is 2.54. The smallest absolute Gasteiger partial charge is 0.491 e. The lowest BCUT2D eigenvalue weighted by atomic mass is 10.2. The highest BCUT2D eigenvalue weighted by Crippen LogP contribution is 2.28. The predicted octanol–water partition coefficient (Wildman–Crippen LogP) is 1.59. The summed E-state index contributed by atoms with van der Waals surface area (Å²) in [6.45, 7) is 3.78. The molecule has 7 heteroatoms. The maximum atomic E-state index is 8.71. The van der Waals surface area contributed by atoms with Crippen molar-refractivity contribution in [3.8, 4) is 11.7 Å². The van der Waals surface area contributed by atoms with Crippen molar-refractivity contribution in [3.63, 3.8) is 0 Å². The zero-order chi connectivity index (χ0) is 14.4. The third-order valence-electron chi connectivity index (χ3n) is 2.54. The van der Waals surface area contributed by atoms with E-state index in [9.17, 15) is 0 Å². The summed E-state index contributed by atoms with van der Waals surface area (Å²) >= 11 is 0. The van der Waals surface area contributed by atoms with Crippen LogP contribution in [0.3, 0.4) is 0 Å². The summed E-state index contributed by atoms with van der Waals surface area (Å²) in [6.07, 6.45) is 0.984. The molecule has 2 N–H and O–H groups in total. The highest BCUT2D eigenvalue weighted by Gasteiger charge is 2.15. The molecule has 0 spiro atoms. The fourth-order valence-electron chi connectivity index (χ4n) is 1.70. The van der Waals surface area contributed by atoms with Crippen molar-refractivity contribution in [1.29, 1.82) is 0 Å². The SMILES string of the molecule is CCCOCCOc1ccc2cc(OB(O)O)oc2c1. The molecular formula is C13H17BO6. The number of fused-ring (bicyclic) bond motifs is 1. The van der Waals surface area contributed by atoms with Crippen LogP contribution in [-0.4, -0.2) is 37.2 Å².